The summed E-state index contributed by atoms with van der Waals surface area (Å²) in [5.74, 6) is 0.0602. The monoisotopic (exact) mass is 389 g/mol. The Bertz CT molecular complexity index is 696. The zero-order valence-electron chi connectivity index (χ0n) is 17.3. The van der Waals surface area contributed by atoms with Gasteiger partial charge < -0.3 is 15.0 Å². The van der Waals surface area contributed by atoms with Gasteiger partial charge in [-0.2, -0.15) is 0 Å². The molecule has 154 valence electrons. The molecule has 1 saturated heterocycles. The van der Waals surface area contributed by atoms with Crippen LogP contribution in [0.15, 0.2) is 24.3 Å². The minimum absolute atomic E-state index is 0.190. The number of hydrogen-bond acceptors (Lipinski definition) is 4. The van der Waals surface area contributed by atoms with Crippen LogP contribution in [-0.2, 0) is 15.1 Å². The van der Waals surface area contributed by atoms with E-state index in [1.54, 1.807) is 43.2 Å². The molecule has 1 aliphatic rings. The zero-order chi connectivity index (χ0) is 20.7. The van der Waals surface area contributed by atoms with Crippen LogP contribution < -0.4 is 10.1 Å². The highest BCUT2D eigenvalue weighted by Gasteiger charge is 2.49. The first kappa shape index (κ1) is 21.7. The van der Waals surface area contributed by atoms with E-state index in [-0.39, 0.29) is 12.5 Å². The van der Waals surface area contributed by atoms with Crippen LogP contribution in [0.1, 0.15) is 52.0 Å². The standard InChI is InChI=1S/C21H31N3O4/c1-5-7-13-23(14-8-6-2)18(25)15-24-19(26)21(3,22-20(24)27)16-9-11-17(28-4)12-10-16/h9-12H,5-8,13-15H2,1-4H3,(H,22,27)/t21-/m1/s1. The predicted octanol–water partition coefficient (Wildman–Crippen LogP) is 2.89. The molecule has 0 bridgehead atoms. The molecule has 1 aliphatic heterocycles. The molecule has 0 aliphatic carbocycles. The maximum absolute atomic E-state index is 13.0. The molecule has 1 aromatic carbocycles. The Labute approximate surface area is 167 Å². The number of carbonyl (C=O) groups excluding carboxylic acids is 3. The average Bonchev–Trinajstić information content (AvgIpc) is 2.92. The molecular weight excluding hydrogens is 358 g/mol. The fourth-order valence-corrected chi connectivity index (χ4v) is 3.25. The summed E-state index contributed by atoms with van der Waals surface area (Å²) in [6, 6.07) is 6.44. The maximum Gasteiger partial charge on any atom is 0.325 e. The summed E-state index contributed by atoms with van der Waals surface area (Å²) >= 11 is 0. The van der Waals surface area contributed by atoms with Gasteiger partial charge in [0, 0.05) is 13.1 Å². The molecule has 7 heteroatoms. The third-order valence-corrected chi connectivity index (χ3v) is 5.15. The average molecular weight is 389 g/mol. The van der Waals surface area contributed by atoms with Crippen molar-refractivity contribution in [3.63, 3.8) is 0 Å². The summed E-state index contributed by atoms with van der Waals surface area (Å²) < 4.78 is 5.14. The van der Waals surface area contributed by atoms with E-state index in [2.05, 4.69) is 19.2 Å². The van der Waals surface area contributed by atoms with Gasteiger partial charge in [-0.25, -0.2) is 4.79 Å². The number of nitrogens with zero attached hydrogens (tertiary/aromatic N) is 2. The lowest BCUT2D eigenvalue weighted by molar-refractivity contribution is -0.139. The topological polar surface area (TPSA) is 79.0 Å². The van der Waals surface area contributed by atoms with Crippen LogP contribution in [0.3, 0.4) is 0 Å². The van der Waals surface area contributed by atoms with Crippen LogP contribution in [0.25, 0.3) is 0 Å². The van der Waals surface area contributed by atoms with Gasteiger partial charge in [-0.05, 0) is 37.5 Å². The number of hydrogen-bond donors (Lipinski definition) is 1. The van der Waals surface area contributed by atoms with Gasteiger partial charge in [0.1, 0.15) is 17.8 Å². The minimum Gasteiger partial charge on any atom is -0.497 e. The van der Waals surface area contributed by atoms with Crippen molar-refractivity contribution in [1.29, 1.82) is 0 Å². The number of ether oxygens (including phenoxy) is 1. The molecule has 2 rings (SSSR count). The van der Waals surface area contributed by atoms with Gasteiger partial charge in [-0.3, -0.25) is 14.5 Å². The molecule has 0 aromatic heterocycles. The predicted molar refractivity (Wildman–Crippen MR) is 107 cm³/mol. The summed E-state index contributed by atoms with van der Waals surface area (Å²) in [4.78, 5) is 41.1. The first-order valence-electron chi connectivity index (χ1n) is 9.93. The lowest BCUT2D eigenvalue weighted by Crippen LogP contribution is -2.45. The van der Waals surface area contributed by atoms with Crippen molar-refractivity contribution < 1.29 is 19.1 Å². The number of urea groups is 1. The number of carbonyl (C=O) groups is 3. The van der Waals surface area contributed by atoms with Crippen LogP contribution in [-0.4, -0.2) is 54.4 Å². The highest BCUT2D eigenvalue weighted by Crippen LogP contribution is 2.30. The molecule has 1 N–H and O–H groups in total. The lowest BCUT2D eigenvalue weighted by atomic mass is 9.92. The Morgan fingerprint density at radius 3 is 2.18 bits per heavy atom. The number of rotatable bonds is 10. The van der Waals surface area contributed by atoms with Crippen LogP contribution in [0.5, 0.6) is 5.75 Å². The number of unbranched alkanes of at least 4 members (excludes halogenated alkanes) is 2. The van der Waals surface area contributed by atoms with Gasteiger partial charge >= 0.3 is 6.03 Å². The second-order valence-electron chi connectivity index (χ2n) is 7.26. The SMILES string of the molecule is CCCCN(CCCC)C(=O)CN1C(=O)N[C@](C)(c2ccc(OC)cc2)C1=O. The molecule has 28 heavy (non-hydrogen) atoms. The Balaban J connectivity index is 2.13. The van der Waals surface area contributed by atoms with Crippen molar-refractivity contribution in [1.82, 2.24) is 15.1 Å². The van der Waals surface area contributed by atoms with E-state index in [0.29, 0.717) is 24.4 Å². The van der Waals surface area contributed by atoms with Crippen molar-refractivity contribution >= 4 is 17.8 Å². The molecule has 0 saturated carbocycles. The fraction of sp³-hybridized carbons (Fsp3) is 0.571. The molecular formula is C21H31N3O4. The van der Waals surface area contributed by atoms with Crippen molar-refractivity contribution in [2.45, 2.75) is 52.0 Å². The van der Waals surface area contributed by atoms with E-state index in [1.807, 2.05) is 0 Å². The molecule has 4 amide bonds. The Kier molecular flexibility index (Phi) is 7.43. The fourth-order valence-electron chi connectivity index (χ4n) is 3.25. The van der Waals surface area contributed by atoms with Crippen LogP contribution in [0.4, 0.5) is 4.79 Å². The van der Waals surface area contributed by atoms with Crippen molar-refractivity contribution in [2.75, 3.05) is 26.7 Å². The second-order valence-corrected chi connectivity index (χ2v) is 7.26. The third kappa shape index (κ3) is 4.64. The third-order valence-electron chi connectivity index (χ3n) is 5.15. The Hall–Kier alpha value is -2.57. The van der Waals surface area contributed by atoms with E-state index in [9.17, 15) is 14.4 Å². The van der Waals surface area contributed by atoms with Gasteiger partial charge in [0.15, 0.2) is 0 Å². The van der Waals surface area contributed by atoms with Gasteiger partial charge in [0.25, 0.3) is 5.91 Å². The zero-order valence-corrected chi connectivity index (χ0v) is 17.3. The molecule has 0 spiro atoms. The summed E-state index contributed by atoms with van der Waals surface area (Å²) in [5, 5.41) is 2.74. The van der Waals surface area contributed by atoms with Gasteiger partial charge in [0.05, 0.1) is 7.11 Å². The minimum atomic E-state index is -1.19. The first-order valence-corrected chi connectivity index (χ1v) is 9.93. The van der Waals surface area contributed by atoms with Gasteiger partial charge in [0.2, 0.25) is 5.91 Å². The van der Waals surface area contributed by atoms with E-state index in [0.717, 1.165) is 30.6 Å². The van der Waals surface area contributed by atoms with Gasteiger partial charge in [-0.15, -0.1) is 0 Å². The van der Waals surface area contributed by atoms with Crippen molar-refractivity contribution in [3.05, 3.63) is 29.8 Å². The molecule has 1 heterocycles. The lowest BCUT2D eigenvalue weighted by Gasteiger charge is -2.25. The van der Waals surface area contributed by atoms with E-state index in [4.69, 9.17) is 4.74 Å². The second kappa shape index (κ2) is 9.57. The summed E-state index contributed by atoms with van der Waals surface area (Å²) in [6.07, 6.45) is 3.77. The van der Waals surface area contributed by atoms with Crippen molar-refractivity contribution in [3.8, 4) is 5.75 Å². The molecule has 7 nitrogen and oxygen atoms in total. The molecule has 1 fully saturated rings. The summed E-state index contributed by atoms with van der Waals surface area (Å²) in [6.45, 7) is 6.86. The first-order chi connectivity index (χ1) is 13.4. The van der Waals surface area contributed by atoms with E-state index in [1.165, 1.54) is 0 Å². The van der Waals surface area contributed by atoms with Crippen LogP contribution in [0, 0.1) is 0 Å². The maximum atomic E-state index is 13.0. The van der Waals surface area contributed by atoms with E-state index >= 15 is 0 Å². The summed E-state index contributed by atoms with van der Waals surface area (Å²) in [7, 11) is 1.56. The van der Waals surface area contributed by atoms with Crippen LogP contribution >= 0.6 is 0 Å². The van der Waals surface area contributed by atoms with E-state index < -0.39 is 17.5 Å². The smallest absolute Gasteiger partial charge is 0.325 e. The highest BCUT2D eigenvalue weighted by molar-refractivity contribution is 6.09. The Morgan fingerprint density at radius 2 is 1.68 bits per heavy atom. The number of nitrogens with one attached hydrogen (secondary N) is 1. The molecule has 1 aromatic rings. The number of methoxy groups -OCH3 is 1. The summed E-state index contributed by atoms with van der Waals surface area (Å²) in [5.41, 5.74) is -0.545. The van der Waals surface area contributed by atoms with Gasteiger partial charge in [-0.1, -0.05) is 38.8 Å². The quantitative estimate of drug-likeness (QED) is 0.624. The highest BCUT2D eigenvalue weighted by atomic mass is 16.5. The molecule has 0 radical (unpaired) electrons. The Morgan fingerprint density at radius 1 is 1.11 bits per heavy atom. The normalized spacial score (nSPS) is 18.9. The van der Waals surface area contributed by atoms with Crippen molar-refractivity contribution in [2.24, 2.45) is 0 Å². The number of amides is 4. The number of imide groups is 1. The van der Waals surface area contributed by atoms with Crippen LogP contribution in [0.2, 0.25) is 0 Å². The molecule has 0 unspecified atom stereocenters. The molecule has 1 atom stereocenters. The largest absolute Gasteiger partial charge is 0.497 e. The number of benzene rings is 1.